The molecule has 0 radical (unpaired) electrons. The second-order valence-electron chi connectivity index (χ2n) is 6.11. The Balaban J connectivity index is 2.06. The number of fused-ring (bicyclic) bond motifs is 1. The van der Waals surface area contributed by atoms with E-state index in [1.165, 1.54) is 6.92 Å². The van der Waals surface area contributed by atoms with Crippen LogP contribution in [0.25, 0.3) is 10.9 Å². The van der Waals surface area contributed by atoms with Gasteiger partial charge in [-0.1, -0.05) is 29.8 Å². The summed E-state index contributed by atoms with van der Waals surface area (Å²) in [5.74, 6) is -0.0898. The van der Waals surface area contributed by atoms with Gasteiger partial charge in [0.05, 0.1) is 6.54 Å². The maximum Gasteiger partial charge on any atom is 0.253 e. The van der Waals surface area contributed by atoms with Crippen molar-refractivity contribution in [2.75, 3.05) is 4.90 Å². The Hall–Kier alpha value is -2.88. The van der Waals surface area contributed by atoms with Gasteiger partial charge in [0.25, 0.3) is 5.56 Å². The zero-order chi connectivity index (χ0) is 17.3. The molecule has 1 N–H and O–H groups in total. The summed E-state index contributed by atoms with van der Waals surface area (Å²) >= 11 is 0. The van der Waals surface area contributed by atoms with Crippen LogP contribution in [0, 0.1) is 13.8 Å². The second-order valence-corrected chi connectivity index (χ2v) is 6.11. The van der Waals surface area contributed by atoms with Crippen molar-refractivity contribution in [3.8, 4) is 0 Å². The summed E-state index contributed by atoms with van der Waals surface area (Å²) < 4.78 is 0. The Bertz CT molecular complexity index is 973. The molecule has 122 valence electrons. The quantitative estimate of drug-likeness (QED) is 0.800. The highest BCUT2D eigenvalue weighted by Gasteiger charge is 2.16. The number of carbonyl (C=O) groups excluding carboxylic acids is 1. The summed E-state index contributed by atoms with van der Waals surface area (Å²) in [6.45, 7) is 5.74. The zero-order valence-electron chi connectivity index (χ0n) is 14.1. The van der Waals surface area contributed by atoms with Gasteiger partial charge in [-0.25, -0.2) is 0 Å². The van der Waals surface area contributed by atoms with Crippen molar-refractivity contribution in [3.63, 3.8) is 0 Å². The lowest BCUT2D eigenvalue weighted by Gasteiger charge is -2.23. The fourth-order valence-corrected chi connectivity index (χ4v) is 2.89. The number of amides is 1. The zero-order valence-corrected chi connectivity index (χ0v) is 14.1. The summed E-state index contributed by atoms with van der Waals surface area (Å²) in [7, 11) is 0. The molecule has 0 aliphatic heterocycles. The molecule has 0 saturated heterocycles. The number of para-hydroxylation sites is 1. The summed E-state index contributed by atoms with van der Waals surface area (Å²) in [4.78, 5) is 29.1. The number of nitrogens with one attached hydrogen (secondary N) is 1. The third-order valence-electron chi connectivity index (χ3n) is 4.19. The number of aryl methyl sites for hydroxylation is 2. The number of hydrogen-bond acceptors (Lipinski definition) is 2. The number of aromatic amines is 1. The van der Waals surface area contributed by atoms with Gasteiger partial charge in [-0.15, -0.1) is 0 Å². The molecule has 0 bridgehead atoms. The molecule has 0 saturated carbocycles. The number of H-pyrrole nitrogens is 1. The number of rotatable bonds is 3. The largest absolute Gasteiger partial charge is 0.322 e. The van der Waals surface area contributed by atoms with Crippen molar-refractivity contribution in [1.82, 2.24) is 4.98 Å². The molecule has 0 atom stereocenters. The van der Waals surface area contributed by atoms with Crippen LogP contribution in [0.2, 0.25) is 0 Å². The predicted octanol–water partition coefficient (Wildman–Crippen LogP) is 3.70. The van der Waals surface area contributed by atoms with Crippen LogP contribution in [0.1, 0.15) is 23.6 Å². The SMILES string of the molecule is CC(=O)N(Cc1cc2cc(C)ccc2[nH]c1=O)c1ccccc1C. The fraction of sp³-hybridized carbons (Fsp3) is 0.200. The molecule has 2 aromatic carbocycles. The van der Waals surface area contributed by atoms with Crippen molar-refractivity contribution >= 4 is 22.5 Å². The van der Waals surface area contributed by atoms with E-state index in [9.17, 15) is 9.59 Å². The number of carbonyl (C=O) groups is 1. The van der Waals surface area contributed by atoms with Crippen molar-refractivity contribution in [2.45, 2.75) is 27.3 Å². The van der Waals surface area contributed by atoms with Crippen LogP contribution in [0.5, 0.6) is 0 Å². The standard InChI is InChI=1S/C20H20N2O2/c1-13-8-9-18-16(10-13)11-17(20(24)21-18)12-22(15(3)23)19-7-5-4-6-14(19)2/h4-11H,12H2,1-3H3,(H,21,24). The Morgan fingerprint density at radius 2 is 1.83 bits per heavy atom. The molecule has 1 amide bonds. The maximum absolute atomic E-state index is 12.4. The number of aromatic nitrogens is 1. The van der Waals surface area contributed by atoms with Gasteiger partial charge in [-0.3, -0.25) is 9.59 Å². The van der Waals surface area contributed by atoms with Crippen LogP contribution in [0.4, 0.5) is 5.69 Å². The highest BCUT2D eigenvalue weighted by atomic mass is 16.2. The highest BCUT2D eigenvalue weighted by Crippen LogP contribution is 2.22. The van der Waals surface area contributed by atoms with E-state index >= 15 is 0 Å². The minimum absolute atomic E-state index is 0.0898. The topological polar surface area (TPSA) is 53.2 Å². The molecule has 3 rings (SSSR count). The molecule has 0 spiro atoms. The Morgan fingerprint density at radius 1 is 1.08 bits per heavy atom. The van der Waals surface area contributed by atoms with E-state index in [1.807, 2.05) is 62.4 Å². The van der Waals surface area contributed by atoms with Crippen molar-refractivity contribution in [2.24, 2.45) is 0 Å². The molecular formula is C20H20N2O2. The lowest BCUT2D eigenvalue weighted by Crippen LogP contribution is -2.31. The number of pyridine rings is 1. The third kappa shape index (κ3) is 3.08. The minimum Gasteiger partial charge on any atom is -0.322 e. The van der Waals surface area contributed by atoms with Gasteiger partial charge in [0.2, 0.25) is 5.91 Å². The number of nitrogens with zero attached hydrogens (tertiary/aromatic N) is 1. The highest BCUT2D eigenvalue weighted by molar-refractivity contribution is 5.92. The van der Waals surface area contributed by atoms with Gasteiger partial charge in [0.15, 0.2) is 0 Å². The second kappa shape index (κ2) is 6.32. The average molecular weight is 320 g/mol. The fourth-order valence-electron chi connectivity index (χ4n) is 2.89. The van der Waals surface area contributed by atoms with Gasteiger partial charge in [-0.2, -0.15) is 0 Å². The van der Waals surface area contributed by atoms with E-state index in [1.54, 1.807) is 4.90 Å². The Morgan fingerprint density at radius 3 is 2.54 bits per heavy atom. The van der Waals surface area contributed by atoms with E-state index in [0.717, 1.165) is 27.7 Å². The molecule has 24 heavy (non-hydrogen) atoms. The van der Waals surface area contributed by atoms with Crippen LogP contribution in [0.3, 0.4) is 0 Å². The van der Waals surface area contributed by atoms with Crippen LogP contribution < -0.4 is 10.5 Å². The summed E-state index contributed by atoms with van der Waals surface area (Å²) in [6.07, 6.45) is 0. The molecule has 0 aliphatic rings. The molecule has 0 fully saturated rings. The number of anilines is 1. The van der Waals surface area contributed by atoms with Crippen LogP contribution in [-0.4, -0.2) is 10.9 Å². The van der Waals surface area contributed by atoms with E-state index in [-0.39, 0.29) is 18.0 Å². The first kappa shape index (κ1) is 16.0. The molecule has 3 aromatic rings. The van der Waals surface area contributed by atoms with Gasteiger partial charge >= 0.3 is 0 Å². The van der Waals surface area contributed by atoms with Gasteiger partial charge < -0.3 is 9.88 Å². The van der Waals surface area contributed by atoms with Crippen LogP contribution >= 0.6 is 0 Å². The van der Waals surface area contributed by atoms with E-state index in [2.05, 4.69) is 4.98 Å². The third-order valence-corrected chi connectivity index (χ3v) is 4.19. The van der Waals surface area contributed by atoms with Gasteiger partial charge in [-0.05, 0) is 49.1 Å². The molecule has 0 unspecified atom stereocenters. The summed E-state index contributed by atoms with van der Waals surface area (Å²) in [5, 5.41) is 0.970. The van der Waals surface area contributed by atoms with Crippen LogP contribution in [0.15, 0.2) is 53.3 Å². The van der Waals surface area contributed by atoms with Crippen LogP contribution in [-0.2, 0) is 11.3 Å². The number of benzene rings is 2. The van der Waals surface area contributed by atoms with E-state index in [0.29, 0.717) is 5.56 Å². The minimum atomic E-state index is -0.161. The molecule has 1 aromatic heterocycles. The summed E-state index contributed by atoms with van der Waals surface area (Å²) in [6, 6.07) is 15.5. The van der Waals surface area contributed by atoms with Crippen molar-refractivity contribution in [1.29, 1.82) is 0 Å². The molecule has 4 nitrogen and oxygen atoms in total. The molecule has 0 aliphatic carbocycles. The average Bonchev–Trinajstić information content (AvgIpc) is 2.54. The lowest BCUT2D eigenvalue weighted by molar-refractivity contribution is -0.116. The molecule has 1 heterocycles. The Labute approximate surface area is 140 Å². The Kier molecular flexibility index (Phi) is 4.21. The normalized spacial score (nSPS) is 10.8. The number of hydrogen-bond donors (Lipinski definition) is 1. The van der Waals surface area contributed by atoms with Gasteiger partial charge in [0.1, 0.15) is 0 Å². The predicted molar refractivity (Wildman–Crippen MR) is 97.3 cm³/mol. The van der Waals surface area contributed by atoms with E-state index < -0.39 is 0 Å². The smallest absolute Gasteiger partial charge is 0.253 e. The molecule has 4 heteroatoms. The van der Waals surface area contributed by atoms with Crippen molar-refractivity contribution in [3.05, 3.63) is 75.6 Å². The summed E-state index contributed by atoms with van der Waals surface area (Å²) in [5.41, 5.74) is 4.18. The monoisotopic (exact) mass is 320 g/mol. The molecular weight excluding hydrogens is 300 g/mol. The lowest BCUT2D eigenvalue weighted by atomic mass is 10.1. The first-order valence-electron chi connectivity index (χ1n) is 7.92. The van der Waals surface area contributed by atoms with Crippen molar-refractivity contribution < 1.29 is 4.79 Å². The van der Waals surface area contributed by atoms with Gasteiger partial charge in [0, 0.05) is 23.7 Å². The van der Waals surface area contributed by atoms with E-state index in [4.69, 9.17) is 0 Å². The first-order valence-corrected chi connectivity index (χ1v) is 7.92. The first-order chi connectivity index (χ1) is 11.5. The maximum atomic E-state index is 12.4.